The molecule has 0 amide bonds. The van der Waals surface area contributed by atoms with Crippen molar-refractivity contribution in [3.63, 3.8) is 0 Å². The van der Waals surface area contributed by atoms with Gasteiger partial charge in [0.2, 0.25) is 0 Å². The Balaban J connectivity index is 2.52. The van der Waals surface area contributed by atoms with Crippen LogP contribution in [-0.2, 0) is 50.8 Å². The summed E-state index contributed by atoms with van der Waals surface area (Å²) < 4.78 is 22.8. The monoisotopic (exact) mass is 502 g/mol. The summed E-state index contributed by atoms with van der Waals surface area (Å²) in [5.74, 6) is 0.457. The summed E-state index contributed by atoms with van der Waals surface area (Å²) >= 11 is 0. The number of phenols is 2. The molecule has 6 nitrogen and oxygen atoms in total. The van der Waals surface area contributed by atoms with Gasteiger partial charge in [-0.25, -0.2) is 0 Å². The highest BCUT2D eigenvalue weighted by molar-refractivity contribution is 5.52. The van der Waals surface area contributed by atoms with Crippen LogP contribution in [0.2, 0.25) is 0 Å². The van der Waals surface area contributed by atoms with Gasteiger partial charge in [0, 0.05) is 54.6 Å². The summed E-state index contributed by atoms with van der Waals surface area (Å²) in [6, 6.07) is 8.07. The Morgan fingerprint density at radius 3 is 1.36 bits per heavy atom. The third kappa shape index (κ3) is 8.20. The lowest BCUT2D eigenvalue weighted by Gasteiger charge is -2.29. The molecule has 2 aromatic carbocycles. The molecule has 0 unspecified atom stereocenters. The lowest BCUT2D eigenvalue weighted by molar-refractivity contribution is 0.112. The van der Waals surface area contributed by atoms with E-state index in [0.717, 1.165) is 59.1 Å². The van der Waals surface area contributed by atoms with Gasteiger partial charge in [-0.15, -0.1) is 0 Å². The lowest BCUT2D eigenvalue weighted by Crippen LogP contribution is -2.21. The van der Waals surface area contributed by atoms with Crippen molar-refractivity contribution in [2.24, 2.45) is 0 Å². The first-order valence-electron chi connectivity index (χ1n) is 13.2. The van der Waals surface area contributed by atoms with Gasteiger partial charge in [-0.2, -0.15) is 0 Å². The molecule has 0 fully saturated rings. The molecule has 36 heavy (non-hydrogen) atoms. The second kappa shape index (κ2) is 15.2. The molecular formula is C30H46O6. The third-order valence-electron chi connectivity index (χ3n) is 6.39. The molecular weight excluding hydrogens is 456 g/mol. The summed E-state index contributed by atoms with van der Waals surface area (Å²) in [4.78, 5) is 0. The Kier molecular flexibility index (Phi) is 12.7. The number of aromatic hydroxyl groups is 2. The summed E-state index contributed by atoms with van der Waals surface area (Å²) in [5.41, 5.74) is 4.63. The standard InChI is InChI=1S/C30H46O6/c1-7-10-13-36-21-25-17-27(16-24(29(25)32)20-35-12-9-3)30(4,5)26-14-22(18-33-6)28(31)23(15-26)19-34-11-8-2/h14-17,31-32H,7-13,18-21H2,1-6H3. The van der Waals surface area contributed by atoms with Crippen molar-refractivity contribution in [2.45, 2.75) is 92.1 Å². The molecule has 0 heterocycles. The van der Waals surface area contributed by atoms with Crippen molar-refractivity contribution < 1.29 is 29.2 Å². The first-order valence-corrected chi connectivity index (χ1v) is 13.2. The number of hydrogen-bond donors (Lipinski definition) is 2. The number of unbranched alkanes of at least 4 members (excludes halogenated alkanes) is 1. The molecule has 6 heteroatoms. The van der Waals surface area contributed by atoms with Gasteiger partial charge in [0.25, 0.3) is 0 Å². The van der Waals surface area contributed by atoms with Gasteiger partial charge in [0.05, 0.1) is 26.4 Å². The van der Waals surface area contributed by atoms with E-state index >= 15 is 0 Å². The largest absolute Gasteiger partial charge is 0.507 e. The maximum atomic E-state index is 11.0. The zero-order valence-corrected chi connectivity index (χ0v) is 23.1. The van der Waals surface area contributed by atoms with Crippen LogP contribution in [0.3, 0.4) is 0 Å². The minimum Gasteiger partial charge on any atom is -0.507 e. The topological polar surface area (TPSA) is 77.4 Å². The van der Waals surface area contributed by atoms with Gasteiger partial charge in [-0.3, -0.25) is 0 Å². The van der Waals surface area contributed by atoms with Crippen molar-refractivity contribution in [1.29, 1.82) is 0 Å². The Morgan fingerprint density at radius 2 is 1.00 bits per heavy atom. The van der Waals surface area contributed by atoms with Crippen LogP contribution in [0.4, 0.5) is 0 Å². The molecule has 0 spiro atoms. The van der Waals surface area contributed by atoms with E-state index in [1.165, 1.54) is 0 Å². The molecule has 0 radical (unpaired) electrons. The average Bonchev–Trinajstić information content (AvgIpc) is 2.86. The van der Waals surface area contributed by atoms with Crippen molar-refractivity contribution in [1.82, 2.24) is 0 Å². The fourth-order valence-corrected chi connectivity index (χ4v) is 4.09. The van der Waals surface area contributed by atoms with Gasteiger partial charge in [-0.05, 0) is 54.7 Å². The van der Waals surface area contributed by atoms with E-state index in [2.05, 4.69) is 34.6 Å². The normalized spacial score (nSPS) is 11.8. The molecule has 0 aliphatic rings. The highest BCUT2D eigenvalue weighted by Gasteiger charge is 2.28. The molecule has 0 aromatic heterocycles. The Labute approximate surface area is 217 Å². The number of phenolic OH excluding ortho intramolecular Hbond substituents is 2. The summed E-state index contributed by atoms with van der Waals surface area (Å²) in [7, 11) is 1.62. The predicted octanol–water partition coefficient (Wildman–Crippen LogP) is 6.74. The summed E-state index contributed by atoms with van der Waals surface area (Å²) in [5, 5.41) is 21.8. The van der Waals surface area contributed by atoms with Crippen LogP contribution in [-0.4, -0.2) is 37.1 Å². The van der Waals surface area contributed by atoms with Crippen molar-refractivity contribution in [3.05, 3.63) is 57.6 Å². The minimum atomic E-state index is -0.429. The van der Waals surface area contributed by atoms with Crippen LogP contribution in [0, 0.1) is 0 Å². The second-order valence-corrected chi connectivity index (χ2v) is 9.86. The van der Waals surface area contributed by atoms with Gasteiger partial charge >= 0.3 is 0 Å². The van der Waals surface area contributed by atoms with E-state index in [-0.39, 0.29) is 11.5 Å². The summed E-state index contributed by atoms with van der Waals surface area (Å²) in [6.45, 7) is 13.8. The van der Waals surface area contributed by atoms with Crippen LogP contribution >= 0.6 is 0 Å². The number of hydrogen-bond acceptors (Lipinski definition) is 6. The number of methoxy groups -OCH3 is 1. The second-order valence-electron chi connectivity index (χ2n) is 9.86. The Hall–Kier alpha value is -2.12. The van der Waals surface area contributed by atoms with Crippen LogP contribution in [0.1, 0.15) is 93.7 Å². The molecule has 202 valence electrons. The maximum absolute atomic E-state index is 11.0. The smallest absolute Gasteiger partial charge is 0.126 e. The molecule has 0 aliphatic carbocycles. The van der Waals surface area contributed by atoms with E-state index < -0.39 is 5.41 Å². The van der Waals surface area contributed by atoms with E-state index in [1.54, 1.807) is 7.11 Å². The van der Waals surface area contributed by atoms with Gasteiger partial charge in [0.15, 0.2) is 0 Å². The van der Waals surface area contributed by atoms with E-state index in [1.807, 2.05) is 24.3 Å². The highest BCUT2D eigenvalue weighted by atomic mass is 16.5. The van der Waals surface area contributed by atoms with E-state index in [0.29, 0.717) is 46.2 Å². The first-order chi connectivity index (χ1) is 17.3. The van der Waals surface area contributed by atoms with Crippen molar-refractivity contribution >= 4 is 0 Å². The van der Waals surface area contributed by atoms with Gasteiger partial charge in [-0.1, -0.05) is 41.0 Å². The molecule has 0 saturated carbocycles. The predicted molar refractivity (Wildman–Crippen MR) is 144 cm³/mol. The fraction of sp³-hybridized carbons (Fsp3) is 0.600. The Bertz CT molecular complexity index is 938. The van der Waals surface area contributed by atoms with Gasteiger partial charge < -0.3 is 29.2 Å². The van der Waals surface area contributed by atoms with E-state index in [4.69, 9.17) is 18.9 Å². The molecule has 0 aliphatic heterocycles. The fourth-order valence-electron chi connectivity index (χ4n) is 4.09. The highest BCUT2D eigenvalue weighted by Crippen LogP contribution is 2.39. The number of rotatable bonds is 17. The van der Waals surface area contributed by atoms with E-state index in [9.17, 15) is 10.2 Å². The average molecular weight is 503 g/mol. The molecule has 2 rings (SSSR count). The third-order valence-corrected chi connectivity index (χ3v) is 6.39. The number of benzene rings is 2. The molecule has 2 aromatic rings. The van der Waals surface area contributed by atoms with Crippen molar-refractivity contribution in [3.8, 4) is 11.5 Å². The molecule has 0 bridgehead atoms. The van der Waals surface area contributed by atoms with Crippen LogP contribution in [0.5, 0.6) is 11.5 Å². The minimum absolute atomic E-state index is 0.219. The summed E-state index contributed by atoms with van der Waals surface area (Å²) in [6.07, 6.45) is 3.87. The zero-order chi connectivity index (χ0) is 26.6. The van der Waals surface area contributed by atoms with Crippen LogP contribution in [0.15, 0.2) is 24.3 Å². The van der Waals surface area contributed by atoms with Gasteiger partial charge in [0.1, 0.15) is 11.5 Å². The Morgan fingerprint density at radius 1 is 0.611 bits per heavy atom. The molecule has 0 saturated heterocycles. The quantitative estimate of drug-likeness (QED) is 0.233. The molecule has 0 atom stereocenters. The maximum Gasteiger partial charge on any atom is 0.126 e. The number of ether oxygens (including phenoxy) is 4. The van der Waals surface area contributed by atoms with Crippen LogP contribution < -0.4 is 0 Å². The first kappa shape index (κ1) is 30.1. The molecule has 2 N–H and O–H groups in total. The zero-order valence-electron chi connectivity index (χ0n) is 23.1. The van der Waals surface area contributed by atoms with Crippen molar-refractivity contribution in [2.75, 3.05) is 26.9 Å². The SMILES string of the molecule is CCCCOCc1cc(C(C)(C)c2cc(COC)c(O)c(COCCC)c2)cc(COCCC)c1O. The lowest BCUT2D eigenvalue weighted by atomic mass is 9.76. The van der Waals surface area contributed by atoms with Crippen LogP contribution in [0.25, 0.3) is 0 Å².